The smallest absolute Gasteiger partial charge is 0.410 e. The van der Waals surface area contributed by atoms with E-state index in [1.54, 1.807) is 37.3 Å². The molecule has 12 heteroatoms. The van der Waals surface area contributed by atoms with Crippen LogP contribution in [0.4, 0.5) is 4.79 Å². The van der Waals surface area contributed by atoms with E-state index in [1.807, 2.05) is 81.4 Å². The molecule has 1 aliphatic heterocycles. The van der Waals surface area contributed by atoms with Gasteiger partial charge in [-0.2, -0.15) is 5.26 Å². The van der Waals surface area contributed by atoms with E-state index in [1.165, 1.54) is 0 Å². The Balaban J connectivity index is 1.35. The van der Waals surface area contributed by atoms with E-state index in [-0.39, 0.29) is 38.8 Å². The first kappa shape index (κ1) is 42.2. The van der Waals surface area contributed by atoms with Crippen molar-refractivity contribution in [1.82, 2.24) is 4.90 Å². The Morgan fingerprint density at radius 1 is 0.857 bits per heavy atom. The number of fused-ring (bicyclic) bond motifs is 1. The second-order valence-corrected chi connectivity index (χ2v) is 14.6. The van der Waals surface area contributed by atoms with Gasteiger partial charge in [-0.3, -0.25) is 0 Å². The molecule has 5 rings (SSSR count). The summed E-state index contributed by atoms with van der Waals surface area (Å²) in [4.78, 5) is 15.2. The molecule has 0 saturated carbocycles. The third-order valence-electron chi connectivity index (χ3n) is 9.15. The zero-order valence-electron chi connectivity index (χ0n) is 33.0. The Bertz CT molecular complexity index is 1870. The van der Waals surface area contributed by atoms with Crippen LogP contribution in [0.5, 0.6) is 17.2 Å². The summed E-state index contributed by atoms with van der Waals surface area (Å²) >= 11 is 0. The molecule has 1 aliphatic rings. The molecule has 0 aliphatic carbocycles. The third kappa shape index (κ3) is 12.3. The predicted molar refractivity (Wildman–Crippen MR) is 211 cm³/mol. The van der Waals surface area contributed by atoms with Crippen LogP contribution in [-0.4, -0.2) is 107 Å². The summed E-state index contributed by atoms with van der Waals surface area (Å²) in [6, 6.07) is 29.1. The molecule has 1 N–H and O–H groups in total. The lowest BCUT2D eigenvalue weighted by atomic mass is 9.84. The molecule has 1 saturated heterocycles. The molecular formula is C44H54N2O10. The molecule has 0 radical (unpaired) electrons. The Hall–Kier alpha value is -4.90. The quantitative estimate of drug-likeness (QED) is 0.0998. The van der Waals surface area contributed by atoms with Gasteiger partial charge in [0.15, 0.2) is 0 Å². The Labute approximate surface area is 329 Å². The molecule has 4 aromatic rings. The number of rotatable bonds is 19. The molecule has 1 fully saturated rings. The van der Waals surface area contributed by atoms with Crippen molar-refractivity contribution in [2.24, 2.45) is 0 Å². The van der Waals surface area contributed by atoms with Crippen molar-refractivity contribution in [3.8, 4) is 23.3 Å². The van der Waals surface area contributed by atoms with Crippen molar-refractivity contribution in [2.75, 3.05) is 67.0 Å². The maximum atomic E-state index is 13.6. The number of carbonyl (C=O) groups excluding carboxylic acids is 1. The maximum absolute atomic E-state index is 13.6. The van der Waals surface area contributed by atoms with Crippen molar-refractivity contribution in [2.45, 2.75) is 63.6 Å². The summed E-state index contributed by atoms with van der Waals surface area (Å²) < 4.78 is 47.2. The van der Waals surface area contributed by atoms with Gasteiger partial charge in [0.1, 0.15) is 35.0 Å². The number of carbonyl (C=O) groups is 1. The van der Waals surface area contributed by atoms with Crippen molar-refractivity contribution in [3.63, 3.8) is 0 Å². The molecule has 12 nitrogen and oxygen atoms in total. The minimum absolute atomic E-state index is 0.0208. The number of benzene rings is 4. The lowest BCUT2D eigenvalue weighted by Gasteiger charge is -2.44. The number of likely N-dealkylation sites (tertiary alicyclic amines) is 1. The largest absolute Gasteiger partial charge is 0.496 e. The van der Waals surface area contributed by atoms with Crippen molar-refractivity contribution >= 4 is 16.9 Å². The fourth-order valence-corrected chi connectivity index (χ4v) is 6.53. The van der Waals surface area contributed by atoms with E-state index < -0.39 is 30.0 Å². The average molecular weight is 771 g/mol. The minimum atomic E-state index is -0.901. The SMILES string of the molecule is COCCOC[C@@H](O)CO[C@@H]1CN(C(=O)OC(C)(C)C)C[C@H](OCc2cc(OC)c3ccccc3c2)[C@H]1c1ccc(OCCCOc2ccccc2C#N)cc1. The van der Waals surface area contributed by atoms with Gasteiger partial charge in [-0.15, -0.1) is 0 Å². The van der Waals surface area contributed by atoms with Gasteiger partial charge in [-0.25, -0.2) is 4.79 Å². The molecule has 1 heterocycles. The molecule has 0 aromatic heterocycles. The highest BCUT2D eigenvalue weighted by molar-refractivity contribution is 5.89. The number of methoxy groups -OCH3 is 2. The van der Waals surface area contributed by atoms with Crippen LogP contribution in [0, 0.1) is 11.3 Å². The number of ether oxygens (including phenoxy) is 8. The van der Waals surface area contributed by atoms with Crippen LogP contribution < -0.4 is 14.2 Å². The van der Waals surface area contributed by atoms with E-state index in [2.05, 4.69) is 12.1 Å². The lowest BCUT2D eigenvalue weighted by Crippen LogP contribution is -2.55. The van der Waals surface area contributed by atoms with Crippen LogP contribution in [0.25, 0.3) is 10.8 Å². The zero-order valence-corrected chi connectivity index (χ0v) is 33.0. The Morgan fingerprint density at radius 2 is 1.57 bits per heavy atom. The predicted octanol–water partition coefficient (Wildman–Crippen LogP) is 6.90. The van der Waals surface area contributed by atoms with Gasteiger partial charge >= 0.3 is 6.09 Å². The highest BCUT2D eigenvalue weighted by Gasteiger charge is 2.42. The van der Waals surface area contributed by atoms with E-state index in [4.69, 9.17) is 37.9 Å². The number of aliphatic hydroxyl groups is 1. The van der Waals surface area contributed by atoms with E-state index in [9.17, 15) is 15.2 Å². The fourth-order valence-electron chi connectivity index (χ4n) is 6.53. The maximum Gasteiger partial charge on any atom is 0.410 e. The van der Waals surface area contributed by atoms with Gasteiger partial charge < -0.3 is 47.9 Å². The highest BCUT2D eigenvalue weighted by Crippen LogP contribution is 2.36. The summed E-state index contributed by atoms with van der Waals surface area (Å²) in [7, 11) is 3.24. The highest BCUT2D eigenvalue weighted by atomic mass is 16.6. The number of hydrogen-bond acceptors (Lipinski definition) is 11. The summed E-state index contributed by atoms with van der Waals surface area (Å²) in [5, 5.41) is 22.1. The molecule has 4 aromatic carbocycles. The van der Waals surface area contributed by atoms with E-state index in [0.29, 0.717) is 49.9 Å². The first-order valence-corrected chi connectivity index (χ1v) is 18.9. The first-order valence-electron chi connectivity index (χ1n) is 18.9. The molecule has 4 atom stereocenters. The molecule has 0 unspecified atom stereocenters. The number of amides is 1. The lowest BCUT2D eigenvalue weighted by molar-refractivity contribution is -0.114. The summed E-state index contributed by atoms with van der Waals surface area (Å²) in [5.41, 5.74) is 1.63. The average Bonchev–Trinajstić information content (AvgIpc) is 3.20. The molecular weight excluding hydrogens is 716 g/mol. The van der Waals surface area contributed by atoms with Crippen LogP contribution in [-0.2, 0) is 30.3 Å². The standard InChI is InChI=1S/C44H54N2O10/c1-44(2,3)56-43(48)46-26-40(54-28-31-23-33-11-6-8-13-37(33)39(24-31)50-5)42(41(27-46)55-30-35(47)29-51-22-21-49-4)32-15-17-36(18-16-32)52-19-10-20-53-38-14-9-7-12-34(38)25-45/h6-9,11-18,23-24,35,40-42,47H,10,19-22,26-30H2,1-5H3/t35-,40+,41-,42-/m1/s1. The second kappa shape index (κ2) is 20.9. The van der Waals surface area contributed by atoms with Crippen LogP contribution >= 0.6 is 0 Å². The van der Waals surface area contributed by atoms with Gasteiger partial charge in [-0.1, -0.05) is 48.5 Å². The van der Waals surface area contributed by atoms with E-state index in [0.717, 1.165) is 27.6 Å². The Morgan fingerprint density at radius 3 is 2.30 bits per heavy atom. The number of nitriles is 1. The molecule has 300 valence electrons. The summed E-state index contributed by atoms with van der Waals surface area (Å²) in [6.07, 6.45) is -1.84. The molecule has 0 spiro atoms. The van der Waals surface area contributed by atoms with Gasteiger partial charge in [0, 0.05) is 24.8 Å². The topological polar surface area (TPSA) is 138 Å². The normalized spacial score (nSPS) is 17.6. The number of nitrogens with zero attached hydrogens (tertiary/aromatic N) is 2. The van der Waals surface area contributed by atoms with Crippen molar-refractivity contribution in [1.29, 1.82) is 5.26 Å². The first-order chi connectivity index (χ1) is 27.1. The molecule has 56 heavy (non-hydrogen) atoms. The van der Waals surface area contributed by atoms with Crippen LogP contribution in [0.1, 0.15) is 49.8 Å². The number of hydrogen-bond donors (Lipinski definition) is 1. The van der Waals surface area contributed by atoms with Crippen molar-refractivity contribution in [3.05, 3.63) is 102 Å². The van der Waals surface area contributed by atoms with Gasteiger partial charge in [0.25, 0.3) is 0 Å². The van der Waals surface area contributed by atoms with Gasteiger partial charge in [0.2, 0.25) is 0 Å². The van der Waals surface area contributed by atoms with E-state index >= 15 is 0 Å². The number of aliphatic hydroxyl groups excluding tert-OH is 1. The Kier molecular flexibility index (Phi) is 15.7. The number of para-hydroxylation sites is 1. The monoisotopic (exact) mass is 770 g/mol. The van der Waals surface area contributed by atoms with Crippen LogP contribution in [0.2, 0.25) is 0 Å². The summed E-state index contributed by atoms with van der Waals surface area (Å²) in [5.74, 6) is 1.64. The van der Waals surface area contributed by atoms with Gasteiger partial charge in [-0.05, 0) is 73.7 Å². The second-order valence-electron chi connectivity index (χ2n) is 14.6. The zero-order chi connectivity index (χ0) is 39.9. The number of piperidine rings is 1. The van der Waals surface area contributed by atoms with Crippen LogP contribution in [0.15, 0.2) is 84.9 Å². The van der Waals surface area contributed by atoms with Crippen LogP contribution in [0.3, 0.4) is 0 Å². The molecule has 0 bridgehead atoms. The van der Waals surface area contributed by atoms with Crippen molar-refractivity contribution < 1.29 is 47.8 Å². The minimum Gasteiger partial charge on any atom is -0.496 e. The van der Waals surface area contributed by atoms with Gasteiger partial charge in [0.05, 0.1) is 84.2 Å². The third-order valence-corrected chi connectivity index (χ3v) is 9.15. The fraction of sp³-hybridized carbons (Fsp3) is 0.455. The molecule has 1 amide bonds. The summed E-state index contributed by atoms with van der Waals surface area (Å²) in [6.45, 7) is 7.83.